The minimum atomic E-state index is -0.758. The molecule has 2 heterocycles. The van der Waals surface area contributed by atoms with E-state index < -0.39 is 5.41 Å². The highest BCUT2D eigenvalue weighted by atomic mass is 32.1. The normalized spacial score (nSPS) is 17.3. The van der Waals surface area contributed by atoms with Crippen molar-refractivity contribution in [3.8, 4) is 5.75 Å². The van der Waals surface area contributed by atoms with Gasteiger partial charge < -0.3 is 9.64 Å². The molecule has 4 heteroatoms. The lowest BCUT2D eigenvalue weighted by atomic mass is 9.61. The fourth-order valence-corrected chi connectivity index (χ4v) is 5.49. The number of carbonyl (C=O) groups excluding carboxylic acids is 1. The molecule has 0 saturated carbocycles. The quantitative estimate of drug-likeness (QED) is 0.343. The maximum atomic E-state index is 14.1. The third-order valence-corrected chi connectivity index (χ3v) is 6.85. The van der Waals surface area contributed by atoms with Crippen molar-refractivity contribution < 1.29 is 9.53 Å². The molecule has 0 radical (unpaired) electrons. The highest BCUT2D eigenvalue weighted by Crippen LogP contribution is 2.58. The van der Waals surface area contributed by atoms with E-state index in [-0.39, 0.29) is 11.9 Å². The summed E-state index contributed by atoms with van der Waals surface area (Å²) in [4.78, 5) is 17.2. The van der Waals surface area contributed by atoms with E-state index in [1.54, 1.807) is 11.3 Å². The second-order valence-corrected chi connectivity index (χ2v) is 8.54. The van der Waals surface area contributed by atoms with Crippen LogP contribution in [0, 0.1) is 0 Å². The van der Waals surface area contributed by atoms with Crippen LogP contribution < -0.4 is 9.64 Å². The smallest absolute Gasteiger partial charge is 0.245 e. The van der Waals surface area contributed by atoms with Crippen LogP contribution in [0.25, 0.3) is 0 Å². The molecule has 1 atom stereocenters. The first-order valence-corrected chi connectivity index (χ1v) is 11.4. The Kier molecular flexibility index (Phi) is 5.08. The van der Waals surface area contributed by atoms with Crippen LogP contribution in [-0.4, -0.2) is 12.5 Å². The van der Waals surface area contributed by atoms with Gasteiger partial charge in [-0.05, 0) is 53.8 Å². The Morgan fingerprint density at radius 1 is 0.839 bits per heavy atom. The van der Waals surface area contributed by atoms with Crippen LogP contribution in [0.1, 0.15) is 29.0 Å². The van der Waals surface area contributed by atoms with E-state index in [0.29, 0.717) is 6.61 Å². The highest BCUT2D eigenvalue weighted by molar-refractivity contribution is 7.10. The van der Waals surface area contributed by atoms with Gasteiger partial charge in [0.2, 0.25) is 5.91 Å². The van der Waals surface area contributed by atoms with Gasteiger partial charge in [-0.1, -0.05) is 66.7 Å². The van der Waals surface area contributed by atoms with Crippen molar-refractivity contribution in [2.75, 3.05) is 11.5 Å². The van der Waals surface area contributed by atoms with E-state index >= 15 is 0 Å². The van der Waals surface area contributed by atoms with E-state index in [4.69, 9.17) is 4.74 Å². The van der Waals surface area contributed by atoms with Crippen LogP contribution in [0.4, 0.5) is 5.69 Å². The van der Waals surface area contributed by atoms with Gasteiger partial charge in [-0.25, -0.2) is 0 Å². The molecule has 0 N–H and O–H groups in total. The maximum absolute atomic E-state index is 14.1. The number of carbonyl (C=O) groups is 1. The predicted molar refractivity (Wildman–Crippen MR) is 126 cm³/mol. The van der Waals surface area contributed by atoms with Crippen molar-refractivity contribution in [3.63, 3.8) is 0 Å². The Balaban J connectivity index is 1.69. The number of β-lactam (4-membered cyclic amide) rings is 1. The van der Waals surface area contributed by atoms with Crippen LogP contribution in [-0.2, 0) is 10.2 Å². The zero-order valence-corrected chi connectivity index (χ0v) is 18.1. The second kappa shape index (κ2) is 8.05. The molecule has 0 bridgehead atoms. The lowest BCUT2D eigenvalue weighted by molar-refractivity contribution is -0.131. The Bertz CT molecular complexity index is 1120. The number of thiophene rings is 1. The summed E-state index contributed by atoms with van der Waals surface area (Å²) in [5.41, 5.74) is 2.17. The zero-order valence-electron chi connectivity index (χ0n) is 17.3. The molecule has 1 saturated heterocycles. The number of benzene rings is 3. The Hall–Kier alpha value is -3.37. The fourth-order valence-electron chi connectivity index (χ4n) is 4.61. The van der Waals surface area contributed by atoms with Crippen LogP contribution in [0.2, 0.25) is 0 Å². The van der Waals surface area contributed by atoms with Gasteiger partial charge in [0.1, 0.15) is 11.2 Å². The van der Waals surface area contributed by atoms with E-state index in [1.165, 1.54) is 4.88 Å². The first kappa shape index (κ1) is 19.6. The molecule has 3 aromatic carbocycles. The summed E-state index contributed by atoms with van der Waals surface area (Å²) in [6.45, 7) is 2.58. The van der Waals surface area contributed by atoms with Crippen molar-refractivity contribution >= 4 is 22.9 Å². The van der Waals surface area contributed by atoms with Crippen molar-refractivity contribution in [2.45, 2.75) is 18.4 Å². The fraction of sp³-hybridized carbons (Fsp3) is 0.148. The molecular weight excluding hydrogens is 402 g/mol. The molecule has 5 rings (SSSR count). The van der Waals surface area contributed by atoms with Gasteiger partial charge >= 0.3 is 0 Å². The first-order valence-electron chi connectivity index (χ1n) is 10.5. The van der Waals surface area contributed by atoms with Gasteiger partial charge in [0.05, 0.1) is 12.6 Å². The lowest BCUT2D eigenvalue weighted by Crippen LogP contribution is -2.67. The molecule has 31 heavy (non-hydrogen) atoms. The van der Waals surface area contributed by atoms with Crippen LogP contribution >= 0.6 is 11.3 Å². The van der Waals surface area contributed by atoms with E-state index in [0.717, 1.165) is 22.6 Å². The summed E-state index contributed by atoms with van der Waals surface area (Å²) >= 11 is 1.69. The topological polar surface area (TPSA) is 29.5 Å². The molecule has 1 unspecified atom stereocenters. The third kappa shape index (κ3) is 3.06. The molecular formula is C27H23NO2S. The maximum Gasteiger partial charge on any atom is 0.245 e. The predicted octanol–water partition coefficient (Wildman–Crippen LogP) is 6.22. The number of ether oxygens (including phenoxy) is 1. The number of rotatable bonds is 6. The summed E-state index contributed by atoms with van der Waals surface area (Å²) in [5, 5.41) is 2.08. The Morgan fingerprint density at radius 3 is 1.97 bits per heavy atom. The molecule has 0 spiro atoms. The summed E-state index contributed by atoms with van der Waals surface area (Å²) in [6.07, 6.45) is 0. The number of nitrogens with zero attached hydrogens (tertiary/aromatic N) is 1. The number of amides is 1. The highest BCUT2D eigenvalue weighted by Gasteiger charge is 2.63. The minimum absolute atomic E-state index is 0.0902. The van der Waals surface area contributed by atoms with E-state index in [2.05, 4.69) is 41.8 Å². The molecule has 1 amide bonds. The summed E-state index contributed by atoms with van der Waals surface area (Å²) in [7, 11) is 0. The minimum Gasteiger partial charge on any atom is -0.494 e. The van der Waals surface area contributed by atoms with Gasteiger partial charge in [0.15, 0.2) is 0 Å². The van der Waals surface area contributed by atoms with Crippen molar-refractivity contribution in [2.24, 2.45) is 0 Å². The van der Waals surface area contributed by atoms with Crippen LogP contribution in [0.3, 0.4) is 0 Å². The molecule has 1 aliphatic rings. The average Bonchev–Trinajstić information content (AvgIpc) is 3.34. The number of anilines is 1. The van der Waals surface area contributed by atoms with E-state index in [9.17, 15) is 4.79 Å². The molecule has 0 aliphatic carbocycles. The first-order chi connectivity index (χ1) is 15.3. The van der Waals surface area contributed by atoms with Crippen molar-refractivity contribution in [3.05, 3.63) is 118 Å². The molecule has 1 fully saturated rings. The average molecular weight is 426 g/mol. The Labute approximate surface area is 186 Å². The zero-order chi connectivity index (χ0) is 21.3. The van der Waals surface area contributed by atoms with Gasteiger partial charge in [-0.3, -0.25) is 4.79 Å². The molecule has 1 aromatic heterocycles. The number of hydrogen-bond donors (Lipinski definition) is 0. The summed E-state index contributed by atoms with van der Waals surface area (Å²) in [5.74, 6) is 0.900. The Morgan fingerprint density at radius 2 is 1.45 bits per heavy atom. The summed E-state index contributed by atoms with van der Waals surface area (Å²) < 4.78 is 5.60. The van der Waals surface area contributed by atoms with Gasteiger partial charge in [-0.2, -0.15) is 0 Å². The summed E-state index contributed by atoms with van der Waals surface area (Å²) in [6, 6.07) is 32.2. The number of hydrogen-bond acceptors (Lipinski definition) is 3. The molecule has 3 nitrogen and oxygen atoms in total. The second-order valence-electron chi connectivity index (χ2n) is 7.56. The van der Waals surface area contributed by atoms with Crippen LogP contribution in [0.5, 0.6) is 5.75 Å². The third-order valence-electron chi connectivity index (χ3n) is 5.92. The molecule has 154 valence electrons. The standard InChI is InChI=1S/C27H23NO2S/c1-2-30-23-17-15-22(16-18-23)28-25(24-14-9-19-31-24)27(26(28)29,20-10-5-3-6-11-20)21-12-7-4-8-13-21/h3-19,25H,2H2,1H3. The van der Waals surface area contributed by atoms with E-state index in [1.807, 2.05) is 72.5 Å². The van der Waals surface area contributed by atoms with Crippen molar-refractivity contribution in [1.29, 1.82) is 0 Å². The van der Waals surface area contributed by atoms with Crippen LogP contribution in [0.15, 0.2) is 102 Å². The van der Waals surface area contributed by atoms with Gasteiger partial charge in [0, 0.05) is 10.6 Å². The van der Waals surface area contributed by atoms with Gasteiger partial charge in [0.25, 0.3) is 0 Å². The monoisotopic (exact) mass is 425 g/mol. The molecule has 4 aromatic rings. The van der Waals surface area contributed by atoms with Gasteiger partial charge in [-0.15, -0.1) is 11.3 Å². The van der Waals surface area contributed by atoms with Crippen molar-refractivity contribution in [1.82, 2.24) is 0 Å². The largest absolute Gasteiger partial charge is 0.494 e. The SMILES string of the molecule is CCOc1ccc(N2C(=O)C(c3ccccc3)(c3ccccc3)C2c2cccs2)cc1. The lowest BCUT2D eigenvalue weighted by Gasteiger charge is -2.56. The molecule has 1 aliphatic heterocycles.